The number of hydrogen-bond acceptors (Lipinski definition) is 7. The van der Waals surface area contributed by atoms with Gasteiger partial charge < -0.3 is 28.9 Å². The molecule has 0 atom stereocenters. The number of piperidine rings is 1. The van der Waals surface area contributed by atoms with Crippen LogP contribution >= 0.6 is 0 Å². The number of rotatable bonds is 7. The first-order valence-corrected chi connectivity index (χ1v) is 13.1. The molecule has 0 radical (unpaired) electrons. The lowest BCUT2D eigenvalue weighted by atomic mass is 10.1. The van der Waals surface area contributed by atoms with Crippen LogP contribution in [0.25, 0.3) is 0 Å². The molecule has 0 spiro atoms. The van der Waals surface area contributed by atoms with Crippen molar-refractivity contribution >= 4 is 12.2 Å². The largest absolute Gasteiger partial charge is 0.474 e. The minimum atomic E-state index is -4.65. The molecule has 0 bridgehead atoms. The van der Waals surface area contributed by atoms with E-state index in [0.717, 1.165) is 6.07 Å². The second-order valence-electron chi connectivity index (χ2n) is 10.1. The molecule has 2 aliphatic rings. The van der Waals surface area contributed by atoms with Crippen LogP contribution < -0.4 is 4.74 Å². The van der Waals surface area contributed by atoms with Crippen LogP contribution in [0.4, 0.5) is 22.8 Å². The number of cyclic esters (lactones) is 1. The second-order valence-corrected chi connectivity index (χ2v) is 10.1. The van der Waals surface area contributed by atoms with Crippen molar-refractivity contribution < 1.29 is 37.0 Å². The quantitative estimate of drug-likeness (QED) is 0.466. The Hall–Kier alpha value is -2.76. The molecule has 2 fully saturated rings. The van der Waals surface area contributed by atoms with Crippen molar-refractivity contribution in [1.82, 2.24) is 19.7 Å². The Morgan fingerprint density at radius 2 is 1.68 bits per heavy atom. The Labute approximate surface area is 223 Å². The van der Waals surface area contributed by atoms with E-state index in [1.54, 1.807) is 25.7 Å². The first kappa shape index (κ1) is 31.5. The van der Waals surface area contributed by atoms with Crippen LogP contribution in [0.15, 0.2) is 12.1 Å². The summed E-state index contributed by atoms with van der Waals surface area (Å²) in [4.78, 5) is 32.6. The Bertz CT molecular complexity index is 906. The fourth-order valence-corrected chi connectivity index (χ4v) is 3.97. The van der Waals surface area contributed by atoms with E-state index in [4.69, 9.17) is 14.2 Å². The molecule has 216 valence electrons. The maximum absolute atomic E-state index is 13.3. The van der Waals surface area contributed by atoms with Gasteiger partial charge in [0.05, 0.1) is 6.54 Å². The van der Waals surface area contributed by atoms with E-state index in [9.17, 15) is 22.8 Å². The molecular formula is C26H41F3N4O5. The highest BCUT2D eigenvalue weighted by atomic mass is 19.4. The second kappa shape index (κ2) is 13.9. The molecule has 2 amide bonds. The van der Waals surface area contributed by atoms with Crippen molar-refractivity contribution in [3.8, 4) is 5.88 Å². The van der Waals surface area contributed by atoms with Gasteiger partial charge in [-0.15, -0.1) is 0 Å². The number of pyridine rings is 1. The molecule has 0 N–H and O–H groups in total. The van der Waals surface area contributed by atoms with Crippen LogP contribution in [-0.2, 0) is 22.2 Å². The number of hydrogen-bond donors (Lipinski definition) is 0. The molecule has 38 heavy (non-hydrogen) atoms. The summed E-state index contributed by atoms with van der Waals surface area (Å²) in [6.07, 6.45) is -5.17. The van der Waals surface area contributed by atoms with Gasteiger partial charge in [-0.25, -0.2) is 14.6 Å². The minimum absolute atomic E-state index is 0.0299. The minimum Gasteiger partial charge on any atom is -0.474 e. The molecule has 0 aliphatic carbocycles. The average Bonchev–Trinajstić information content (AvgIpc) is 3.23. The molecule has 1 aromatic rings. The number of carbonyl (C=O) groups excluding carboxylic acids is 2. The van der Waals surface area contributed by atoms with Crippen molar-refractivity contribution in [2.45, 2.75) is 78.8 Å². The van der Waals surface area contributed by atoms with Crippen molar-refractivity contribution in [2.24, 2.45) is 0 Å². The number of aromatic nitrogens is 1. The van der Waals surface area contributed by atoms with Gasteiger partial charge >= 0.3 is 18.4 Å². The van der Waals surface area contributed by atoms with Crippen LogP contribution in [-0.4, -0.2) is 89.5 Å². The predicted octanol–water partition coefficient (Wildman–Crippen LogP) is 5.18. The van der Waals surface area contributed by atoms with E-state index in [1.807, 2.05) is 0 Å². The van der Waals surface area contributed by atoms with E-state index >= 15 is 0 Å². The van der Waals surface area contributed by atoms with Crippen LogP contribution in [0.5, 0.6) is 5.88 Å². The topological polar surface area (TPSA) is 84.4 Å². The summed E-state index contributed by atoms with van der Waals surface area (Å²) >= 11 is 0. The predicted molar refractivity (Wildman–Crippen MR) is 136 cm³/mol. The Kier molecular flexibility index (Phi) is 11.5. The maximum atomic E-state index is 13.3. The Morgan fingerprint density at radius 1 is 1.08 bits per heavy atom. The van der Waals surface area contributed by atoms with E-state index in [0.29, 0.717) is 32.5 Å². The van der Waals surface area contributed by atoms with Crippen LogP contribution in [0.1, 0.15) is 65.6 Å². The van der Waals surface area contributed by atoms with Crippen molar-refractivity contribution in [3.05, 3.63) is 23.4 Å². The van der Waals surface area contributed by atoms with Gasteiger partial charge in [-0.3, -0.25) is 0 Å². The zero-order chi connectivity index (χ0) is 28.5. The molecule has 9 nitrogen and oxygen atoms in total. The van der Waals surface area contributed by atoms with E-state index in [2.05, 4.69) is 30.7 Å². The number of halogens is 3. The third-order valence-corrected chi connectivity index (χ3v) is 6.09. The monoisotopic (exact) mass is 546 g/mol. The van der Waals surface area contributed by atoms with E-state index in [-0.39, 0.29) is 30.7 Å². The van der Waals surface area contributed by atoms with Crippen molar-refractivity contribution in [1.29, 1.82) is 0 Å². The summed E-state index contributed by atoms with van der Waals surface area (Å²) in [5.41, 5.74) is -1.44. The van der Waals surface area contributed by atoms with E-state index in [1.165, 1.54) is 30.6 Å². The smallest absolute Gasteiger partial charge is 0.433 e. The Morgan fingerprint density at radius 3 is 2.13 bits per heavy atom. The summed E-state index contributed by atoms with van der Waals surface area (Å²) in [5, 5.41) is 0. The molecule has 3 rings (SSSR count). The summed E-state index contributed by atoms with van der Waals surface area (Å²) in [5.74, 6) is -0.159. The Balaban J connectivity index is 0.000000638. The molecule has 0 aromatic carbocycles. The highest BCUT2D eigenvalue weighted by molar-refractivity contribution is 5.69. The van der Waals surface area contributed by atoms with Gasteiger partial charge in [0.2, 0.25) is 5.88 Å². The number of likely N-dealkylation sites (tertiary alicyclic amines) is 1. The lowest BCUT2D eigenvalue weighted by Crippen LogP contribution is -2.44. The number of amides is 2. The maximum Gasteiger partial charge on any atom is 0.433 e. The van der Waals surface area contributed by atoms with E-state index < -0.39 is 29.7 Å². The van der Waals surface area contributed by atoms with Crippen LogP contribution in [0.3, 0.4) is 0 Å². The van der Waals surface area contributed by atoms with Gasteiger partial charge in [-0.2, -0.15) is 13.2 Å². The SMILES string of the molecule is CC(C)(C)OC(=O)N1CCC(Oc2cc(CN3CCOC3=O)cc(C(F)(F)F)n2)CC1.CCN(CC)CC. The lowest BCUT2D eigenvalue weighted by Gasteiger charge is -2.33. The zero-order valence-corrected chi connectivity index (χ0v) is 23.3. The third kappa shape index (κ3) is 10.2. The normalized spacial score (nSPS) is 16.7. The number of alkyl halides is 3. The molecule has 12 heteroatoms. The van der Waals surface area contributed by atoms with Gasteiger partial charge in [0, 0.05) is 38.5 Å². The van der Waals surface area contributed by atoms with Gasteiger partial charge in [0.1, 0.15) is 24.0 Å². The summed E-state index contributed by atoms with van der Waals surface area (Å²) in [7, 11) is 0. The first-order chi connectivity index (χ1) is 17.7. The molecular weight excluding hydrogens is 505 g/mol. The lowest BCUT2D eigenvalue weighted by molar-refractivity contribution is -0.141. The standard InChI is InChI=1S/C20H26F3N3O5.C6H15N/c1-19(2,3)31-18(28)25-6-4-14(5-7-25)30-16-11-13(10-15(24-16)20(21,22)23)12-26-8-9-29-17(26)27;1-4-7(5-2)6-3/h10-11,14H,4-9,12H2,1-3H3;4-6H2,1-3H3. The number of carbonyl (C=O) groups is 2. The van der Waals surface area contributed by atoms with Gasteiger partial charge in [0.15, 0.2) is 0 Å². The highest BCUT2D eigenvalue weighted by Gasteiger charge is 2.35. The molecule has 2 saturated heterocycles. The molecule has 2 aliphatic heterocycles. The van der Waals surface area contributed by atoms with Crippen molar-refractivity contribution in [2.75, 3.05) is 45.9 Å². The average molecular weight is 547 g/mol. The fourth-order valence-electron chi connectivity index (χ4n) is 3.97. The number of ether oxygens (including phenoxy) is 3. The fraction of sp³-hybridized carbons (Fsp3) is 0.731. The first-order valence-electron chi connectivity index (χ1n) is 13.1. The summed E-state index contributed by atoms with van der Waals surface area (Å²) in [6.45, 7) is 16.7. The molecule has 1 aromatic heterocycles. The van der Waals surface area contributed by atoms with Gasteiger partial charge in [0.25, 0.3) is 0 Å². The van der Waals surface area contributed by atoms with Crippen molar-refractivity contribution in [3.63, 3.8) is 0 Å². The molecule has 3 heterocycles. The summed E-state index contributed by atoms with van der Waals surface area (Å²) in [6, 6.07) is 2.31. The van der Waals surface area contributed by atoms with Crippen LogP contribution in [0.2, 0.25) is 0 Å². The third-order valence-electron chi connectivity index (χ3n) is 6.09. The van der Waals surface area contributed by atoms with Crippen LogP contribution in [0, 0.1) is 0 Å². The highest BCUT2D eigenvalue weighted by Crippen LogP contribution is 2.31. The molecule has 0 saturated carbocycles. The van der Waals surface area contributed by atoms with Gasteiger partial charge in [-0.05, 0) is 52.0 Å². The summed E-state index contributed by atoms with van der Waals surface area (Å²) < 4.78 is 55.8. The molecule has 0 unspecified atom stereocenters. The van der Waals surface area contributed by atoms with Gasteiger partial charge in [-0.1, -0.05) is 20.8 Å². The zero-order valence-electron chi connectivity index (χ0n) is 23.3. The number of nitrogens with zero attached hydrogens (tertiary/aromatic N) is 4.